The molecule has 0 saturated carbocycles. The van der Waals surface area contributed by atoms with Crippen molar-refractivity contribution in [3.8, 4) is 0 Å². The molecule has 3 rings (SSSR count). The minimum absolute atomic E-state index is 0.148. The molecule has 0 spiro atoms. The van der Waals surface area contributed by atoms with E-state index in [1.54, 1.807) is 12.1 Å². The maximum Gasteiger partial charge on any atom is 0.327 e. The van der Waals surface area contributed by atoms with Crippen molar-refractivity contribution in [1.29, 1.82) is 0 Å². The molecule has 1 fully saturated rings. The third-order valence-corrected chi connectivity index (χ3v) is 4.12. The van der Waals surface area contributed by atoms with Crippen molar-refractivity contribution in [3.05, 3.63) is 65.7 Å². The zero-order chi connectivity index (χ0) is 15.7. The number of hydrogen-bond donors (Lipinski definition) is 1. The topological polar surface area (TPSA) is 57.6 Å². The Morgan fingerprint density at radius 3 is 2.32 bits per heavy atom. The third kappa shape index (κ3) is 2.48. The zero-order valence-corrected chi connectivity index (χ0v) is 12.3. The van der Waals surface area contributed by atoms with E-state index in [0.29, 0.717) is 5.69 Å². The number of amides is 1. The number of carboxylic acid groups (broad SMARTS) is 1. The second kappa shape index (κ2) is 5.64. The van der Waals surface area contributed by atoms with Crippen LogP contribution >= 0.6 is 0 Å². The van der Waals surface area contributed by atoms with Crippen LogP contribution in [0.2, 0.25) is 0 Å². The average molecular weight is 295 g/mol. The molecule has 0 radical (unpaired) electrons. The van der Waals surface area contributed by atoms with E-state index in [1.165, 1.54) is 4.90 Å². The Morgan fingerprint density at radius 2 is 1.73 bits per heavy atom. The monoisotopic (exact) mass is 295 g/mol. The summed E-state index contributed by atoms with van der Waals surface area (Å²) >= 11 is 0. The van der Waals surface area contributed by atoms with Gasteiger partial charge in [-0.15, -0.1) is 0 Å². The summed E-state index contributed by atoms with van der Waals surface area (Å²) < 4.78 is 0. The van der Waals surface area contributed by atoms with Gasteiger partial charge in [0.15, 0.2) is 0 Å². The predicted octanol–water partition coefficient (Wildman–Crippen LogP) is 2.97. The summed E-state index contributed by atoms with van der Waals surface area (Å²) in [7, 11) is 0. The highest BCUT2D eigenvalue weighted by molar-refractivity contribution is 6.03. The number of anilines is 1. The average Bonchev–Trinajstić information content (AvgIpc) is 2.87. The van der Waals surface area contributed by atoms with Gasteiger partial charge in [-0.2, -0.15) is 0 Å². The smallest absolute Gasteiger partial charge is 0.327 e. The molecule has 2 aromatic rings. The van der Waals surface area contributed by atoms with E-state index in [-0.39, 0.29) is 18.2 Å². The third-order valence-electron chi connectivity index (χ3n) is 4.12. The first-order chi connectivity index (χ1) is 10.6. The number of aryl methyl sites for hydroxylation is 1. The molecule has 0 aliphatic carbocycles. The fraction of sp³-hybridized carbons (Fsp3) is 0.222. The molecule has 0 bridgehead atoms. The van der Waals surface area contributed by atoms with Gasteiger partial charge >= 0.3 is 5.97 Å². The van der Waals surface area contributed by atoms with Crippen LogP contribution < -0.4 is 4.90 Å². The first kappa shape index (κ1) is 14.3. The fourth-order valence-corrected chi connectivity index (χ4v) is 3.03. The van der Waals surface area contributed by atoms with Crippen molar-refractivity contribution in [1.82, 2.24) is 0 Å². The quantitative estimate of drug-likeness (QED) is 0.947. The summed E-state index contributed by atoms with van der Waals surface area (Å²) in [6.07, 6.45) is 0.217. The van der Waals surface area contributed by atoms with Crippen molar-refractivity contribution in [2.45, 2.75) is 25.3 Å². The van der Waals surface area contributed by atoms with E-state index in [9.17, 15) is 14.7 Å². The van der Waals surface area contributed by atoms with Crippen molar-refractivity contribution >= 4 is 17.6 Å². The molecule has 1 N–H and O–H groups in total. The highest BCUT2D eigenvalue weighted by atomic mass is 16.4. The van der Waals surface area contributed by atoms with Crippen molar-refractivity contribution in [2.75, 3.05) is 4.90 Å². The molecule has 4 heteroatoms. The molecule has 1 saturated heterocycles. The number of aliphatic carboxylic acids is 1. The first-order valence-electron chi connectivity index (χ1n) is 7.24. The Morgan fingerprint density at radius 1 is 1.09 bits per heavy atom. The lowest BCUT2D eigenvalue weighted by atomic mass is 9.91. The molecule has 112 valence electrons. The van der Waals surface area contributed by atoms with Gasteiger partial charge in [0.2, 0.25) is 5.91 Å². The maximum absolute atomic E-state index is 12.4. The molecule has 0 aromatic heterocycles. The van der Waals surface area contributed by atoms with E-state index in [1.807, 2.05) is 49.4 Å². The SMILES string of the molecule is Cc1ccc(N2C(=O)C[C@@H](c3ccccc3)[C@H]2C(=O)O)cc1. The lowest BCUT2D eigenvalue weighted by molar-refractivity contribution is -0.139. The molecular formula is C18H17NO3. The summed E-state index contributed by atoms with van der Waals surface area (Å²) in [6, 6.07) is 15.9. The summed E-state index contributed by atoms with van der Waals surface area (Å²) in [5.74, 6) is -1.45. The number of carboxylic acids is 1. The molecule has 2 atom stereocenters. The van der Waals surface area contributed by atoms with Crippen molar-refractivity contribution in [3.63, 3.8) is 0 Å². The van der Waals surface area contributed by atoms with Crippen LogP contribution in [0.1, 0.15) is 23.5 Å². The fourth-order valence-electron chi connectivity index (χ4n) is 3.03. The lowest BCUT2D eigenvalue weighted by Gasteiger charge is -2.25. The Hall–Kier alpha value is -2.62. The molecule has 1 heterocycles. The summed E-state index contributed by atoms with van der Waals surface area (Å²) in [6.45, 7) is 1.96. The number of hydrogen-bond acceptors (Lipinski definition) is 2. The van der Waals surface area contributed by atoms with E-state index in [0.717, 1.165) is 11.1 Å². The molecular weight excluding hydrogens is 278 g/mol. The standard InChI is InChI=1S/C18H17NO3/c1-12-7-9-14(10-8-12)19-16(20)11-15(17(19)18(21)22)13-5-3-2-4-6-13/h2-10,15,17H,11H2,1H3,(H,21,22)/t15-,17-/m0/s1. The van der Waals surface area contributed by atoms with E-state index in [4.69, 9.17) is 0 Å². The molecule has 2 aromatic carbocycles. The summed E-state index contributed by atoms with van der Waals surface area (Å²) in [5, 5.41) is 9.66. The minimum Gasteiger partial charge on any atom is -0.480 e. The summed E-state index contributed by atoms with van der Waals surface area (Å²) in [4.78, 5) is 25.6. The number of benzene rings is 2. The second-order valence-corrected chi connectivity index (χ2v) is 5.60. The van der Waals surface area contributed by atoms with Crippen LogP contribution in [0.5, 0.6) is 0 Å². The predicted molar refractivity (Wildman–Crippen MR) is 83.9 cm³/mol. The molecule has 1 aliphatic heterocycles. The number of rotatable bonds is 3. The van der Waals surface area contributed by atoms with Gasteiger partial charge in [-0.3, -0.25) is 9.69 Å². The van der Waals surface area contributed by atoms with E-state index >= 15 is 0 Å². The van der Waals surface area contributed by atoms with Gasteiger partial charge in [-0.1, -0.05) is 48.0 Å². The van der Waals surface area contributed by atoms with Gasteiger partial charge in [-0.25, -0.2) is 4.79 Å². The molecule has 4 nitrogen and oxygen atoms in total. The molecule has 0 unspecified atom stereocenters. The van der Waals surface area contributed by atoms with Gasteiger partial charge in [0.05, 0.1) is 0 Å². The maximum atomic E-state index is 12.4. The van der Waals surface area contributed by atoms with E-state index in [2.05, 4.69) is 0 Å². The van der Waals surface area contributed by atoms with Crippen LogP contribution in [0.15, 0.2) is 54.6 Å². The number of nitrogens with zero attached hydrogens (tertiary/aromatic N) is 1. The van der Waals surface area contributed by atoms with Gasteiger partial charge in [0, 0.05) is 18.0 Å². The Labute approximate surface area is 129 Å². The Bertz CT molecular complexity index is 694. The minimum atomic E-state index is -0.972. The zero-order valence-electron chi connectivity index (χ0n) is 12.3. The van der Waals surface area contributed by atoms with Gasteiger partial charge in [-0.05, 0) is 24.6 Å². The molecule has 1 aliphatic rings. The van der Waals surface area contributed by atoms with Gasteiger partial charge in [0.1, 0.15) is 6.04 Å². The van der Waals surface area contributed by atoms with Crippen LogP contribution in [0.3, 0.4) is 0 Å². The van der Waals surface area contributed by atoms with Crippen LogP contribution in [-0.2, 0) is 9.59 Å². The highest BCUT2D eigenvalue weighted by Gasteiger charge is 2.45. The van der Waals surface area contributed by atoms with Crippen LogP contribution in [-0.4, -0.2) is 23.0 Å². The van der Waals surface area contributed by atoms with Crippen LogP contribution in [0.4, 0.5) is 5.69 Å². The Kier molecular flexibility index (Phi) is 3.67. The normalized spacial score (nSPS) is 21.1. The number of carbonyl (C=O) groups is 2. The van der Waals surface area contributed by atoms with Gasteiger partial charge in [0.25, 0.3) is 0 Å². The van der Waals surface area contributed by atoms with E-state index < -0.39 is 12.0 Å². The van der Waals surface area contributed by atoms with Gasteiger partial charge < -0.3 is 5.11 Å². The lowest BCUT2D eigenvalue weighted by Crippen LogP contribution is -2.40. The second-order valence-electron chi connectivity index (χ2n) is 5.60. The van der Waals surface area contributed by atoms with Crippen molar-refractivity contribution < 1.29 is 14.7 Å². The first-order valence-corrected chi connectivity index (χ1v) is 7.24. The van der Waals surface area contributed by atoms with Crippen LogP contribution in [0.25, 0.3) is 0 Å². The molecule has 22 heavy (non-hydrogen) atoms. The van der Waals surface area contributed by atoms with Crippen molar-refractivity contribution in [2.24, 2.45) is 0 Å². The Balaban J connectivity index is 2.01. The number of carbonyl (C=O) groups excluding carboxylic acids is 1. The van der Waals surface area contributed by atoms with Crippen LogP contribution in [0, 0.1) is 6.92 Å². The largest absolute Gasteiger partial charge is 0.480 e. The highest BCUT2D eigenvalue weighted by Crippen LogP contribution is 2.37. The summed E-state index contributed by atoms with van der Waals surface area (Å²) in [5.41, 5.74) is 2.60. The molecule has 1 amide bonds.